The van der Waals surface area contributed by atoms with E-state index in [1.807, 2.05) is 0 Å². The van der Waals surface area contributed by atoms with E-state index in [4.69, 9.17) is 14.2 Å². The lowest BCUT2D eigenvalue weighted by Crippen LogP contribution is -2.69. The Hall–Kier alpha value is -0.990. The first-order valence-corrected chi connectivity index (χ1v) is 16.8. The molecular formula is C35H54O7. The maximum absolute atomic E-state index is 13.5. The third kappa shape index (κ3) is 3.49. The molecule has 8 aliphatic rings. The predicted octanol–water partition coefficient (Wildman–Crippen LogP) is 5.15. The average molecular weight is 587 g/mol. The Morgan fingerprint density at radius 3 is 2.31 bits per heavy atom. The van der Waals surface area contributed by atoms with Crippen molar-refractivity contribution in [2.24, 2.45) is 50.7 Å². The molecule has 0 unspecified atom stereocenters. The minimum Gasteiger partial charge on any atom is -0.459 e. The SMILES string of the molecule is C[C@@H]1[C@H]2C3=CC[C@@H]4[C@@]5(C)CC[C@H](O[C@@H]6OC[C@H](O)[C@H](O)[C@H]6O)C(C)(C)[C@@H]5CC[C@@]4(C)[C@]3(C)CC[C@@]23CC[C@]1(C)OC3=O. The fourth-order valence-corrected chi connectivity index (χ4v) is 12.5. The van der Waals surface area contributed by atoms with Crippen molar-refractivity contribution in [3.8, 4) is 0 Å². The van der Waals surface area contributed by atoms with Crippen molar-refractivity contribution in [1.29, 1.82) is 0 Å². The minimum atomic E-state index is -1.26. The lowest BCUT2D eigenvalue weighted by atomic mass is 9.33. The first-order chi connectivity index (χ1) is 19.6. The van der Waals surface area contributed by atoms with Gasteiger partial charge in [0, 0.05) is 11.8 Å². The van der Waals surface area contributed by atoms with Crippen molar-refractivity contribution in [2.45, 2.75) is 143 Å². The molecule has 236 valence electrons. The van der Waals surface area contributed by atoms with Crippen LogP contribution in [0.15, 0.2) is 11.6 Å². The van der Waals surface area contributed by atoms with Gasteiger partial charge in [0.1, 0.15) is 23.9 Å². The van der Waals surface area contributed by atoms with E-state index in [2.05, 4.69) is 54.5 Å². The van der Waals surface area contributed by atoms with Gasteiger partial charge >= 0.3 is 5.97 Å². The van der Waals surface area contributed by atoms with Crippen LogP contribution in [-0.4, -0.2) is 64.2 Å². The molecule has 0 radical (unpaired) electrons. The Morgan fingerprint density at radius 1 is 0.881 bits per heavy atom. The number of aliphatic hydroxyl groups is 3. The number of carbonyl (C=O) groups excluding carboxylic acids is 1. The van der Waals surface area contributed by atoms with Gasteiger partial charge in [-0.2, -0.15) is 0 Å². The van der Waals surface area contributed by atoms with E-state index in [1.165, 1.54) is 0 Å². The monoisotopic (exact) mass is 586 g/mol. The molecule has 0 aromatic rings. The summed E-state index contributed by atoms with van der Waals surface area (Å²) in [7, 11) is 0. The van der Waals surface area contributed by atoms with Gasteiger partial charge in [0.15, 0.2) is 6.29 Å². The second kappa shape index (κ2) is 9.05. The molecule has 7 nitrogen and oxygen atoms in total. The van der Waals surface area contributed by atoms with Crippen molar-refractivity contribution in [3.05, 3.63) is 11.6 Å². The van der Waals surface area contributed by atoms with Gasteiger partial charge in [-0.3, -0.25) is 4.79 Å². The van der Waals surface area contributed by atoms with E-state index in [0.29, 0.717) is 17.8 Å². The Morgan fingerprint density at radius 2 is 1.60 bits per heavy atom. The van der Waals surface area contributed by atoms with Crippen molar-refractivity contribution in [2.75, 3.05) is 6.61 Å². The standard InChI is InChI=1S/C35H54O7/c1-19-25-20-8-9-23-31(4)12-11-24(41-28-27(38)26(37)21(36)18-40-28)30(2,3)22(31)10-13-33(23,6)32(20,5)14-16-35(25)17-15-34(19,7)42-29(35)39/h8,19,21-28,36-38H,9-18H2,1-7H3/t19-,21+,22+,23-,24+,25+,26+,27-,28+,31+,32-,33-,34+,35-/m1/s1. The van der Waals surface area contributed by atoms with E-state index in [0.717, 1.165) is 57.8 Å². The molecule has 42 heavy (non-hydrogen) atoms. The van der Waals surface area contributed by atoms with Gasteiger partial charge in [-0.05, 0) is 98.2 Å². The molecule has 8 rings (SSSR count). The summed E-state index contributed by atoms with van der Waals surface area (Å²) in [5.41, 5.74) is 1.10. The zero-order chi connectivity index (χ0) is 30.3. The highest BCUT2D eigenvalue weighted by molar-refractivity contribution is 5.81. The van der Waals surface area contributed by atoms with E-state index in [1.54, 1.807) is 5.57 Å². The van der Waals surface area contributed by atoms with E-state index < -0.39 is 24.6 Å². The summed E-state index contributed by atoms with van der Waals surface area (Å²) < 4.78 is 18.3. The largest absolute Gasteiger partial charge is 0.459 e. The van der Waals surface area contributed by atoms with Crippen LogP contribution in [0.2, 0.25) is 0 Å². The normalized spacial score (nSPS) is 58.1. The zero-order valence-electron chi connectivity index (χ0n) is 26.8. The van der Waals surface area contributed by atoms with Crippen molar-refractivity contribution in [3.63, 3.8) is 0 Å². The van der Waals surface area contributed by atoms with Gasteiger partial charge < -0.3 is 29.5 Å². The first kappa shape index (κ1) is 29.7. The van der Waals surface area contributed by atoms with Gasteiger partial charge in [0.2, 0.25) is 0 Å². The maximum Gasteiger partial charge on any atom is 0.313 e. The lowest BCUT2D eigenvalue weighted by molar-refractivity contribution is -0.308. The van der Waals surface area contributed by atoms with Crippen LogP contribution in [-0.2, 0) is 19.0 Å². The van der Waals surface area contributed by atoms with Crippen LogP contribution in [0.1, 0.15) is 106 Å². The van der Waals surface area contributed by atoms with Gasteiger partial charge in [-0.25, -0.2) is 0 Å². The van der Waals surface area contributed by atoms with E-state index in [-0.39, 0.29) is 57.3 Å². The summed E-state index contributed by atoms with van der Waals surface area (Å²) in [6.07, 6.45) is 7.17. The van der Waals surface area contributed by atoms with Crippen LogP contribution >= 0.6 is 0 Å². The summed E-state index contributed by atoms with van der Waals surface area (Å²) in [5, 5.41) is 30.8. The summed E-state index contributed by atoms with van der Waals surface area (Å²) >= 11 is 0. The summed E-state index contributed by atoms with van der Waals surface area (Å²) in [6, 6.07) is 0. The van der Waals surface area contributed by atoms with Crippen LogP contribution in [0, 0.1) is 50.7 Å². The Kier molecular flexibility index (Phi) is 6.40. The molecule has 7 heteroatoms. The average Bonchev–Trinajstić information content (AvgIpc) is 2.92. The molecule has 3 heterocycles. The number of rotatable bonds is 2. The lowest BCUT2D eigenvalue weighted by Gasteiger charge is -2.72. The fourth-order valence-electron chi connectivity index (χ4n) is 12.5. The van der Waals surface area contributed by atoms with Crippen molar-refractivity contribution >= 4 is 5.97 Å². The summed E-state index contributed by atoms with van der Waals surface area (Å²) in [5.74, 6) is 1.68. The molecule has 0 amide bonds. The number of fused-ring (bicyclic) bond motifs is 7. The number of carbonyl (C=O) groups is 1. The number of ether oxygens (including phenoxy) is 3. The third-order valence-electron chi connectivity index (χ3n) is 15.5. The summed E-state index contributed by atoms with van der Waals surface area (Å²) in [4.78, 5) is 13.5. The molecular weight excluding hydrogens is 532 g/mol. The number of hydrogen-bond donors (Lipinski definition) is 3. The Labute approximate surface area is 251 Å². The molecule has 7 fully saturated rings. The van der Waals surface area contributed by atoms with Gasteiger partial charge in [0.25, 0.3) is 0 Å². The fraction of sp³-hybridized carbons (Fsp3) is 0.914. The molecule has 0 aromatic heterocycles. The molecule has 3 aliphatic heterocycles. The quantitative estimate of drug-likeness (QED) is 0.234. The molecule has 3 N–H and O–H groups in total. The summed E-state index contributed by atoms with van der Waals surface area (Å²) in [6.45, 7) is 16.8. The zero-order valence-corrected chi connectivity index (χ0v) is 26.8. The molecule has 5 aliphatic carbocycles. The second-order valence-corrected chi connectivity index (χ2v) is 17.2. The molecule has 1 spiro atoms. The highest BCUT2D eigenvalue weighted by Crippen LogP contribution is 2.77. The van der Waals surface area contributed by atoms with Crippen LogP contribution in [0.25, 0.3) is 0 Å². The Bertz CT molecular complexity index is 1180. The molecule has 2 bridgehead atoms. The number of esters is 1. The third-order valence-corrected chi connectivity index (χ3v) is 15.5. The smallest absolute Gasteiger partial charge is 0.313 e. The van der Waals surface area contributed by atoms with Crippen LogP contribution < -0.4 is 0 Å². The highest BCUT2D eigenvalue weighted by Gasteiger charge is 2.73. The van der Waals surface area contributed by atoms with Gasteiger partial charge in [-0.1, -0.05) is 53.2 Å². The van der Waals surface area contributed by atoms with Crippen LogP contribution in [0.5, 0.6) is 0 Å². The number of hydrogen-bond acceptors (Lipinski definition) is 7. The minimum absolute atomic E-state index is 0.0391. The van der Waals surface area contributed by atoms with E-state index in [9.17, 15) is 20.1 Å². The predicted molar refractivity (Wildman–Crippen MR) is 157 cm³/mol. The molecule has 14 atom stereocenters. The molecule has 0 aromatic carbocycles. The van der Waals surface area contributed by atoms with Gasteiger partial charge in [0.05, 0.1) is 18.1 Å². The van der Waals surface area contributed by atoms with Crippen molar-refractivity contribution < 1.29 is 34.3 Å². The van der Waals surface area contributed by atoms with Crippen LogP contribution in [0.4, 0.5) is 0 Å². The highest BCUT2D eigenvalue weighted by atomic mass is 16.7. The van der Waals surface area contributed by atoms with Crippen LogP contribution in [0.3, 0.4) is 0 Å². The molecule has 4 saturated carbocycles. The van der Waals surface area contributed by atoms with E-state index >= 15 is 0 Å². The second-order valence-electron chi connectivity index (χ2n) is 17.2. The number of aliphatic hydroxyl groups excluding tert-OH is 3. The topological polar surface area (TPSA) is 105 Å². The molecule has 3 saturated heterocycles. The van der Waals surface area contributed by atoms with Crippen molar-refractivity contribution in [1.82, 2.24) is 0 Å². The Balaban J connectivity index is 1.19. The first-order valence-electron chi connectivity index (χ1n) is 16.8. The van der Waals surface area contributed by atoms with Gasteiger partial charge in [-0.15, -0.1) is 0 Å². The number of allylic oxidation sites excluding steroid dienone is 2. The maximum atomic E-state index is 13.5.